The van der Waals surface area contributed by atoms with Crippen molar-refractivity contribution in [3.05, 3.63) is 105 Å². The summed E-state index contributed by atoms with van der Waals surface area (Å²) in [5.74, 6) is 3.17. The number of carbonyl (C=O) groups excluding carboxylic acids is 7. The van der Waals surface area contributed by atoms with Gasteiger partial charge in [-0.2, -0.15) is 8.78 Å². The molecule has 4 aliphatic rings. The van der Waals surface area contributed by atoms with Crippen molar-refractivity contribution in [1.29, 1.82) is 0 Å². The van der Waals surface area contributed by atoms with Crippen LogP contribution in [0.15, 0.2) is 66.7 Å². The number of nitrogens with one attached hydrogen (secondary N) is 3. The molecule has 1 aromatic heterocycles. The third-order valence-electron chi connectivity index (χ3n) is 13.1. The van der Waals surface area contributed by atoms with Crippen LogP contribution in [0.4, 0.5) is 8.78 Å². The Kier molecular flexibility index (Phi) is 13.7. The zero-order chi connectivity index (χ0) is 49.6. The van der Waals surface area contributed by atoms with E-state index in [9.17, 15) is 56.7 Å². The summed E-state index contributed by atoms with van der Waals surface area (Å²) in [6.07, 6.45) is 2.34. The summed E-state index contributed by atoms with van der Waals surface area (Å²) >= 11 is 0.956. The average Bonchev–Trinajstić information content (AvgIpc) is 4.05. The third kappa shape index (κ3) is 9.94. The van der Waals surface area contributed by atoms with Gasteiger partial charge in [0.15, 0.2) is 0 Å². The predicted molar refractivity (Wildman–Crippen MR) is 249 cm³/mol. The number of nitrogens with zero attached hydrogens (tertiary/aromatic N) is 3. The van der Waals surface area contributed by atoms with Gasteiger partial charge in [0.25, 0.3) is 11.8 Å². The van der Waals surface area contributed by atoms with E-state index in [0.717, 1.165) is 34.6 Å². The number of hydrogen-bond acceptors (Lipinski definition) is 9. The molecule has 0 bridgehead atoms. The number of benzene rings is 3. The van der Waals surface area contributed by atoms with E-state index >= 15 is 0 Å². The first-order valence-electron chi connectivity index (χ1n) is 22.6. The minimum atomic E-state index is -5.83. The fraction of sp³-hybridized carbons (Fsp3) is 0.408. The molecule has 362 valence electrons. The maximum Gasteiger partial charge on any atom is 0.399 e. The lowest BCUT2D eigenvalue weighted by Gasteiger charge is -2.40. The Bertz CT molecular complexity index is 2900. The summed E-state index contributed by atoms with van der Waals surface area (Å²) in [6, 6.07) is 13.4. The summed E-state index contributed by atoms with van der Waals surface area (Å²) in [7, 11) is -5.83. The molecule has 5 heterocycles. The molecule has 0 aliphatic carbocycles. The number of piperidine rings is 1. The highest BCUT2D eigenvalue weighted by molar-refractivity contribution is 7.52. The quantitative estimate of drug-likeness (QED) is 0.0591. The largest absolute Gasteiger partial charge is 0.399 e. The Morgan fingerprint density at radius 2 is 1.70 bits per heavy atom. The van der Waals surface area contributed by atoms with E-state index in [1.807, 2.05) is 24.3 Å². The van der Waals surface area contributed by atoms with Gasteiger partial charge >= 0.3 is 13.3 Å². The van der Waals surface area contributed by atoms with E-state index in [1.165, 1.54) is 26.8 Å². The van der Waals surface area contributed by atoms with E-state index < -0.39 is 72.0 Å². The normalized spacial score (nSPS) is 19.9. The van der Waals surface area contributed by atoms with Gasteiger partial charge in [0.1, 0.15) is 24.2 Å². The number of halogens is 2. The number of thiophene rings is 1. The van der Waals surface area contributed by atoms with Gasteiger partial charge in [0, 0.05) is 66.8 Å². The van der Waals surface area contributed by atoms with Crippen molar-refractivity contribution in [2.75, 3.05) is 13.1 Å². The summed E-state index contributed by atoms with van der Waals surface area (Å²) in [5, 5.41) is 8.25. The zero-order valence-corrected chi connectivity index (χ0v) is 39.8. The molecule has 69 heavy (non-hydrogen) atoms. The summed E-state index contributed by atoms with van der Waals surface area (Å²) in [5.41, 5.74) is -2.61. The molecule has 4 aliphatic heterocycles. The number of imide groups is 1. The Labute approximate surface area is 400 Å². The van der Waals surface area contributed by atoms with Crippen molar-refractivity contribution in [2.24, 2.45) is 5.41 Å². The second-order valence-electron chi connectivity index (χ2n) is 18.8. The van der Waals surface area contributed by atoms with E-state index in [2.05, 4.69) is 27.8 Å². The van der Waals surface area contributed by atoms with Crippen molar-refractivity contribution in [3.8, 4) is 11.8 Å². The van der Waals surface area contributed by atoms with E-state index in [4.69, 9.17) is 0 Å². The number of amides is 7. The maximum atomic E-state index is 14.7. The monoisotopic (exact) mass is 984 g/mol. The fourth-order valence-electron chi connectivity index (χ4n) is 9.36. The lowest BCUT2D eigenvalue weighted by Crippen LogP contribution is -2.60. The first-order chi connectivity index (χ1) is 32.6. The molecule has 16 nitrogen and oxygen atoms in total. The first kappa shape index (κ1) is 49.1. The summed E-state index contributed by atoms with van der Waals surface area (Å²) in [4.78, 5) is 117. The molecule has 0 saturated carbocycles. The second kappa shape index (κ2) is 19.2. The average molecular weight is 985 g/mol. The number of unbranched alkanes of at least 4 members (excludes halogenated alkanes) is 1. The predicted octanol–water partition coefficient (Wildman–Crippen LogP) is 4.93. The van der Waals surface area contributed by atoms with E-state index in [0.29, 0.717) is 47.1 Å². The van der Waals surface area contributed by atoms with Gasteiger partial charge in [0.05, 0.1) is 4.88 Å². The summed E-state index contributed by atoms with van der Waals surface area (Å²) in [6.45, 7) is 6.07. The van der Waals surface area contributed by atoms with Crippen LogP contribution in [0.5, 0.6) is 0 Å². The molecule has 5 N–H and O–H groups in total. The standard InChI is InChI=1S/C49H51F2N6O10PS/c1-48(2,3)41(54-44(61)39-25-31-23-32(17-19-38(31)69-39)49(50,51)68(65,66)67)47(64)55-22-10-16-36(55)46(63)56-26-30-13-7-6-12-29(30)24-37(56)42(59)52-21-8-4-5-11-28-14-9-15-33-34(28)27-57(45(33)62)35-18-20-40(58)53-43(35)60/h6-7,9,12-15,17,19,23,25,35-37,41H,4,8,10,16,18,20-22,24,26-27H2,1-3H3,(H,52,59)(H,54,61)(H,53,58,60)(H2,65,66,67)/t35?,36-,37?,41+/m0/s1. The van der Waals surface area contributed by atoms with Crippen molar-refractivity contribution in [3.63, 3.8) is 0 Å². The first-order valence-corrected chi connectivity index (χ1v) is 25.1. The minimum Gasteiger partial charge on any atom is -0.354 e. The Morgan fingerprint density at radius 1 is 0.942 bits per heavy atom. The van der Waals surface area contributed by atoms with Gasteiger partial charge in [-0.25, -0.2) is 0 Å². The molecular weight excluding hydrogens is 934 g/mol. The molecule has 0 radical (unpaired) electrons. The van der Waals surface area contributed by atoms with Gasteiger partial charge in [-0.1, -0.05) is 69.0 Å². The number of likely N-dealkylation sites (tertiary alicyclic amines) is 1. The van der Waals surface area contributed by atoms with Crippen LogP contribution in [-0.4, -0.2) is 103 Å². The van der Waals surface area contributed by atoms with Crippen molar-refractivity contribution < 1.29 is 56.7 Å². The van der Waals surface area contributed by atoms with Gasteiger partial charge in [0.2, 0.25) is 29.5 Å². The molecular formula is C49H51F2N6O10PS. The number of alkyl halides is 2. The Balaban J connectivity index is 0.920. The lowest BCUT2D eigenvalue weighted by molar-refractivity contribution is -0.150. The van der Waals surface area contributed by atoms with Crippen molar-refractivity contribution >= 4 is 70.4 Å². The van der Waals surface area contributed by atoms with Crippen LogP contribution in [0.25, 0.3) is 10.1 Å². The molecule has 3 aromatic carbocycles. The number of fused-ring (bicyclic) bond motifs is 3. The topological polar surface area (TPSA) is 223 Å². The van der Waals surface area contributed by atoms with E-state index in [-0.39, 0.29) is 73.4 Å². The number of rotatable bonds is 11. The van der Waals surface area contributed by atoms with Crippen LogP contribution in [-0.2, 0) is 53.7 Å². The molecule has 4 aromatic rings. The summed E-state index contributed by atoms with van der Waals surface area (Å²) < 4.78 is 40.9. The molecule has 0 spiro atoms. The van der Waals surface area contributed by atoms with Gasteiger partial charge < -0.3 is 35.1 Å². The molecule has 2 unspecified atom stereocenters. The number of hydrogen-bond donors (Lipinski definition) is 5. The van der Waals surface area contributed by atoms with Crippen molar-refractivity contribution in [1.82, 2.24) is 30.7 Å². The molecule has 7 amide bonds. The van der Waals surface area contributed by atoms with Crippen LogP contribution in [0.1, 0.15) is 107 Å². The van der Waals surface area contributed by atoms with Crippen LogP contribution in [0.3, 0.4) is 0 Å². The maximum absolute atomic E-state index is 14.7. The molecule has 2 saturated heterocycles. The van der Waals surface area contributed by atoms with E-state index in [1.54, 1.807) is 39.0 Å². The van der Waals surface area contributed by atoms with Gasteiger partial charge in [-0.3, -0.25) is 43.4 Å². The molecule has 2 fully saturated rings. The van der Waals surface area contributed by atoms with Gasteiger partial charge in [-0.05, 0) is 83.5 Å². The molecule has 20 heteroatoms. The highest BCUT2D eigenvalue weighted by atomic mass is 32.1. The van der Waals surface area contributed by atoms with Crippen LogP contribution < -0.4 is 16.0 Å². The van der Waals surface area contributed by atoms with Gasteiger partial charge in [-0.15, -0.1) is 11.3 Å². The molecule has 8 rings (SSSR count). The SMILES string of the molecule is CC(C)(C)[C@H](NC(=O)c1cc2cc(C(F)(F)P(=O)(O)O)ccc2s1)C(=O)N1CCC[C@H]1C(=O)N1Cc2ccccc2CC1C(=O)NCCCC#Cc1cccc2c1CN(C1CCC(=O)NC1=O)C2=O. The molecule has 4 atom stereocenters. The highest BCUT2D eigenvalue weighted by Crippen LogP contribution is 2.59. The van der Waals surface area contributed by atoms with Crippen molar-refractivity contribution in [2.45, 2.75) is 109 Å². The second-order valence-corrected chi connectivity index (χ2v) is 21.5. The number of carbonyl (C=O) groups is 7. The minimum absolute atomic E-state index is 0.0720. The fourth-order valence-corrected chi connectivity index (χ4v) is 10.8. The Morgan fingerprint density at radius 3 is 2.42 bits per heavy atom. The smallest absolute Gasteiger partial charge is 0.354 e. The zero-order valence-electron chi connectivity index (χ0n) is 38.1. The highest BCUT2D eigenvalue weighted by Gasteiger charge is 2.51. The van der Waals surface area contributed by atoms with Crippen LogP contribution >= 0.6 is 18.9 Å². The lowest BCUT2D eigenvalue weighted by atomic mass is 9.85. The van der Waals surface area contributed by atoms with Crippen LogP contribution in [0.2, 0.25) is 0 Å². The Hall–Kier alpha value is -6.32. The third-order valence-corrected chi connectivity index (χ3v) is 15.2. The van der Waals surface area contributed by atoms with Crippen LogP contribution in [0, 0.1) is 17.3 Å².